The van der Waals surface area contributed by atoms with Crippen molar-refractivity contribution in [3.8, 4) is 0 Å². The van der Waals surface area contributed by atoms with Crippen molar-refractivity contribution in [1.29, 1.82) is 0 Å². The van der Waals surface area contributed by atoms with E-state index in [9.17, 15) is 25.5 Å². The lowest BCUT2D eigenvalue weighted by Crippen LogP contribution is -2.59. The van der Waals surface area contributed by atoms with Gasteiger partial charge in [0, 0.05) is 13.1 Å². The Morgan fingerprint density at radius 2 is 1.61 bits per heavy atom. The van der Waals surface area contributed by atoms with Crippen LogP contribution in [0.15, 0.2) is 0 Å². The maximum atomic E-state index is 9.71. The molecule has 0 aromatic carbocycles. The molecule has 0 saturated carbocycles. The number of aliphatic hydroxyl groups is 5. The van der Waals surface area contributed by atoms with Crippen molar-refractivity contribution in [2.24, 2.45) is 0 Å². The molecule has 8 heteroatoms. The van der Waals surface area contributed by atoms with Crippen LogP contribution in [0, 0.1) is 0 Å². The first kappa shape index (κ1) is 14.1. The number of ether oxygens (including phenoxy) is 2. The smallest absolute Gasteiger partial charge is 0.186 e. The van der Waals surface area contributed by atoms with Gasteiger partial charge < -0.3 is 40.3 Å². The van der Waals surface area contributed by atoms with Gasteiger partial charge in [-0.3, -0.25) is 0 Å². The van der Waals surface area contributed by atoms with Crippen LogP contribution in [0.5, 0.6) is 0 Å². The van der Waals surface area contributed by atoms with Gasteiger partial charge in [0.2, 0.25) is 0 Å². The lowest BCUT2D eigenvalue weighted by atomic mass is 10.0. The second-order valence-corrected chi connectivity index (χ2v) is 4.64. The third-order valence-electron chi connectivity index (χ3n) is 3.24. The Balaban J connectivity index is 1.92. The largest absolute Gasteiger partial charge is 0.389 e. The van der Waals surface area contributed by atoms with Gasteiger partial charge in [-0.2, -0.15) is 0 Å². The minimum Gasteiger partial charge on any atom is -0.389 e. The van der Waals surface area contributed by atoms with Gasteiger partial charge in [0.1, 0.15) is 30.5 Å². The van der Waals surface area contributed by atoms with E-state index in [1.54, 1.807) is 0 Å². The van der Waals surface area contributed by atoms with Crippen molar-refractivity contribution in [3.05, 3.63) is 0 Å². The molecule has 6 N–H and O–H groups in total. The molecule has 0 aliphatic carbocycles. The molecule has 2 aliphatic rings. The van der Waals surface area contributed by atoms with Gasteiger partial charge in [-0.25, -0.2) is 0 Å². The molecule has 2 saturated heterocycles. The summed E-state index contributed by atoms with van der Waals surface area (Å²) in [5.74, 6) is 0. The molecule has 0 radical (unpaired) electrons. The number of β-amino-alcohol motifs (C(OH)–C–C–N with tert-alkyl or cyclic N) is 1. The van der Waals surface area contributed by atoms with Crippen LogP contribution in [-0.2, 0) is 9.47 Å². The zero-order valence-corrected chi connectivity index (χ0v) is 9.72. The quantitative estimate of drug-likeness (QED) is 0.299. The number of nitrogens with one attached hydrogen (secondary N) is 1. The molecule has 2 aliphatic heterocycles. The summed E-state index contributed by atoms with van der Waals surface area (Å²) in [6.45, 7) is 0.390. The molecule has 2 fully saturated rings. The summed E-state index contributed by atoms with van der Waals surface area (Å²) in [5.41, 5.74) is 0. The van der Waals surface area contributed by atoms with Gasteiger partial charge in [-0.1, -0.05) is 0 Å². The van der Waals surface area contributed by atoms with Crippen LogP contribution in [0.3, 0.4) is 0 Å². The number of rotatable bonds is 2. The topological polar surface area (TPSA) is 132 Å². The summed E-state index contributed by atoms with van der Waals surface area (Å²) in [5, 5.41) is 50.4. The molecule has 8 nitrogen and oxygen atoms in total. The Bertz CT molecular complexity index is 279. The molecule has 18 heavy (non-hydrogen) atoms. The van der Waals surface area contributed by atoms with E-state index in [-0.39, 0.29) is 13.2 Å². The third kappa shape index (κ3) is 2.81. The van der Waals surface area contributed by atoms with Crippen molar-refractivity contribution < 1.29 is 35.0 Å². The first-order valence-corrected chi connectivity index (χ1v) is 5.89. The van der Waals surface area contributed by atoms with Gasteiger partial charge in [0.05, 0.1) is 12.7 Å². The first-order chi connectivity index (χ1) is 8.50. The average Bonchev–Trinajstić information content (AvgIpc) is 2.35. The Morgan fingerprint density at radius 3 is 2.33 bits per heavy atom. The molecule has 0 spiro atoms. The van der Waals surface area contributed by atoms with E-state index in [0.717, 1.165) is 0 Å². The van der Waals surface area contributed by atoms with E-state index in [2.05, 4.69) is 5.32 Å². The Hall–Kier alpha value is -0.320. The minimum atomic E-state index is -1.40. The fourth-order valence-corrected chi connectivity index (χ4v) is 2.06. The maximum Gasteiger partial charge on any atom is 0.186 e. The van der Waals surface area contributed by atoms with Crippen LogP contribution in [0.1, 0.15) is 0 Å². The highest BCUT2D eigenvalue weighted by Crippen LogP contribution is 2.20. The van der Waals surface area contributed by atoms with Crippen LogP contribution in [-0.4, -0.2) is 88.1 Å². The van der Waals surface area contributed by atoms with Crippen molar-refractivity contribution in [1.82, 2.24) is 5.32 Å². The highest BCUT2D eigenvalue weighted by Gasteiger charge is 2.41. The fourth-order valence-electron chi connectivity index (χ4n) is 2.06. The molecule has 2 rings (SSSR count). The molecule has 0 aromatic rings. The van der Waals surface area contributed by atoms with E-state index >= 15 is 0 Å². The Kier molecular flexibility index (Phi) is 4.51. The summed E-state index contributed by atoms with van der Waals surface area (Å²) >= 11 is 0. The van der Waals surface area contributed by atoms with E-state index in [4.69, 9.17) is 9.47 Å². The lowest BCUT2D eigenvalue weighted by Gasteiger charge is -2.39. The number of aliphatic hydroxyl groups excluding tert-OH is 5. The molecule has 0 unspecified atom stereocenters. The molecular formula is C10H19NO7. The van der Waals surface area contributed by atoms with Gasteiger partial charge >= 0.3 is 0 Å². The number of hydrogen-bond donors (Lipinski definition) is 6. The molecule has 106 valence electrons. The van der Waals surface area contributed by atoms with E-state index in [0.29, 0.717) is 6.54 Å². The van der Waals surface area contributed by atoms with Gasteiger partial charge in [0.15, 0.2) is 6.29 Å². The SMILES string of the molecule is O[C@@H]1[C@@H](O)[C@H](O[C@@H]2CNC[C@H](O)[C@H]2O)OC[C@H]1O. The molecule has 0 aromatic heterocycles. The highest BCUT2D eigenvalue weighted by atomic mass is 16.7. The molecule has 0 amide bonds. The minimum absolute atomic E-state index is 0.165. The van der Waals surface area contributed by atoms with E-state index in [1.165, 1.54) is 0 Å². The molecular weight excluding hydrogens is 246 g/mol. The zero-order valence-electron chi connectivity index (χ0n) is 9.72. The van der Waals surface area contributed by atoms with E-state index < -0.39 is 42.9 Å². The lowest BCUT2D eigenvalue weighted by molar-refractivity contribution is -0.294. The zero-order chi connectivity index (χ0) is 13.3. The Morgan fingerprint density at radius 1 is 0.889 bits per heavy atom. The Labute approximate surface area is 104 Å². The standard InChI is InChI=1S/C10H19NO7/c12-4-1-11-2-6(7(4)14)18-10-9(16)8(15)5(13)3-17-10/h4-16H,1-3H2/t4-,5+,6+,7+,8-,9+,10-/m0/s1. The van der Waals surface area contributed by atoms with Gasteiger partial charge in [-0.15, -0.1) is 0 Å². The number of hydrogen-bond acceptors (Lipinski definition) is 8. The summed E-state index contributed by atoms with van der Waals surface area (Å²) < 4.78 is 10.4. The van der Waals surface area contributed by atoms with Crippen molar-refractivity contribution in [2.75, 3.05) is 19.7 Å². The van der Waals surface area contributed by atoms with Crippen LogP contribution in [0.4, 0.5) is 0 Å². The second-order valence-electron chi connectivity index (χ2n) is 4.64. The summed E-state index contributed by atoms with van der Waals surface area (Å²) in [6.07, 6.45) is -7.88. The predicted octanol–water partition coefficient (Wildman–Crippen LogP) is -3.86. The monoisotopic (exact) mass is 265 g/mol. The van der Waals surface area contributed by atoms with Gasteiger partial charge in [-0.05, 0) is 0 Å². The maximum absolute atomic E-state index is 9.71. The van der Waals surface area contributed by atoms with Crippen LogP contribution in [0.25, 0.3) is 0 Å². The highest BCUT2D eigenvalue weighted by molar-refractivity contribution is 4.88. The predicted molar refractivity (Wildman–Crippen MR) is 57.5 cm³/mol. The van der Waals surface area contributed by atoms with Crippen LogP contribution < -0.4 is 5.32 Å². The summed E-state index contributed by atoms with van der Waals surface area (Å²) in [4.78, 5) is 0. The second kappa shape index (κ2) is 5.76. The first-order valence-electron chi connectivity index (χ1n) is 5.89. The molecule has 7 atom stereocenters. The summed E-state index contributed by atoms with van der Waals surface area (Å²) in [6, 6.07) is 0. The van der Waals surface area contributed by atoms with Crippen LogP contribution >= 0.6 is 0 Å². The van der Waals surface area contributed by atoms with E-state index in [1.807, 2.05) is 0 Å². The third-order valence-corrected chi connectivity index (χ3v) is 3.24. The summed E-state index contributed by atoms with van der Waals surface area (Å²) in [7, 11) is 0. The molecule has 0 bridgehead atoms. The molecule has 2 heterocycles. The average molecular weight is 265 g/mol. The fraction of sp³-hybridized carbons (Fsp3) is 1.00. The van der Waals surface area contributed by atoms with Crippen molar-refractivity contribution in [3.63, 3.8) is 0 Å². The van der Waals surface area contributed by atoms with Crippen molar-refractivity contribution >= 4 is 0 Å². The normalized spacial score (nSPS) is 50.2. The van der Waals surface area contributed by atoms with Crippen molar-refractivity contribution in [2.45, 2.75) is 42.9 Å². The van der Waals surface area contributed by atoms with Crippen LogP contribution in [0.2, 0.25) is 0 Å². The number of piperidine rings is 1. The van der Waals surface area contributed by atoms with Gasteiger partial charge in [0.25, 0.3) is 0 Å².